The largest absolute Gasteiger partial charge is 0.416 e. The fourth-order valence-corrected chi connectivity index (χ4v) is 6.34. The number of imidazole rings is 1. The summed E-state index contributed by atoms with van der Waals surface area (Å²) >= 11 is 0. The number of halogens is 3. The molecule has 3 saturated heterocycles. The van der Waals surface area contributed by atoms with Crippen molar-refractivity contribution in [2.45, 2.75) is 37.5 Å². The number of anilines is 2. The van der Waals surface area contributed by atoms with Crippen LogP contribution < -0.4 is 11.1 Å². The summed E-state index contributed by atoms with van der Waals surface area (Å²) < 4.78 is 51.9. The summed E-state index contributed by atoms with van der Waals surface area (Å²) in [5.41, 5.74) is 5.83. The summed E-state index contributed by atoms with van der Waals surface area (Å²) in [5.74, 6) is -0.241. The summed E-state index contributed by atoms with van der Waals surface area (Å²) in [5, 5.41) is 13.8. The van der Waals surface area contributed by atoms with Gasteiger partial charge in [0.25, 0.3) is 5.91 Å². The number of nitrogen functional groups attached to an aromatic ring is 1. The third-order valence-corrected chi connectivity index (χ3v) is 9.05. The van der Waals surface area contributed by atoms with Crippen molar-refractivity contribution in [3.8, 4) is 11.3 Å². The van der Waals surface area contributed by atoms with Gasteiger partial charge in [-0.25, -0.2) is 15.0 Å². The second-order valence-electron chi connectivity index (χ2n) is 12.7. The maximum Gasteiger partial charge on any atom is 0.416 e. The van der Waals surface area contributed by atoms with Crippen LogP contribution in [0.15, 0.2) is 48.8 Å². The quantitative estimate of drug-likeness (QED) is 0.283. The lowest BCUT2D eigenvalue weighted by atomic mass is 9.85. The highest BCUT2D eigenvalue weighted by molar-refractivity contribution is 6.04. The smallest absolute Gasteiger partial charge is 0.382 e. The lowest BCUT2D eigenvalue weighted by molar-refractivity contribution is -0.187. The first-order chi connectivity index (χ1) is 22.4. The zero-order chi connectivity index (χ0) is 33.1. The maximum atomic E-state index is 13.4. The number of carbonyl (C=O) groups excluding carboxylic acids is 2. The second-order valence-corrected chi connectivity index (χ2v) is 12.7. The third-order valence-electron chi connectivity index (χ3n) is 9.05. The summed E-state index contributed by atoms with van der Waals surface area (Å²) in [6.07, 6.45) is -0.581. The molecule has 1 aromatic carbocycles. The van der Waals surface area contributed by atoms with Crippen LogP contribution in [0.2, 0.25) is 0 Å². The van der Waals surface area contributed by atoms with Crippen LogP contribution in [0.3, 0.4) is 0 Å². The van der Waals surface area contributed by atoms with Gasteiger partial charge in [-0.1, -0.05) is 12.1 Å². The van der Waals surface area contributed by atoms with Crippen LogP contribution in [0.25, 0.3) is 16.8 Å². The monoisotopic (exact) mass is 651 g/mol. The van der Waals surface area contributed by atoms with E-state index in [-0.39, 0.29) is 42.2 Å². The van der Waals surface area contributed by atoms with Crippen molar-refractivity contribution in [2.75, 3.05) is 50.6 Å². The molecule has 3 aromatic heterocycles. The van der Waals surface area contributed by atoms with Crippen molar-refractivity contribution < 1.29 is 37.3 Å². The Morgan fingerprint density at radius 2 is 1.81 bits per heavy atom. The number of likely N-dealkylation sites (tertiary alicyclic amines) is 1. The van der Waals surface area contributed by atoms with Crippen LogP contribution in [0, 0.1) is 5.41 Å². The van der Waals surface area contributed by atoms with Crippen molar-refractivity contribution in [1.29, 1.82) is 0 Å². The summed E-state index contributed by atoms with van der Waals surface area (Å²) in [4.78, 5) is 41.4. The molecule has 0 aliphatic carbocycles. The summed E-state index contributed by atoms with van der Waals surface area (Å²) in [7, 11) is 0. The number of nitrogens with two attached hydrogens (primary N) is 1. The standard InChI is InChI=1S/C32H32F3N7O5/c1-30(14-46-15-30)29(44)41-10-2-3-20(13-41)27-40-24(25-26(36)38-12-22(42(25)27)31(45)16-47-17-31)18-4-6-19(7-5-18)28(43)39-23-11-21(8-9-37-23)32(33,34)35/h4-9,11-12,20,45H,2-3,10,13-17H2,1H3,(H2,36,38)(H,37,39,43)/t20-/m1/s1. The molecule has 2 amide bonds. The van der Waals surface area contributed by atoms with Crippen molar-refractivity contribution in [1.82, 2.24) is 24.3 Å². The number of nitrogens with one attached hydrogen (secondary N) is 1. The summed E-state index contributed by atoms with van der Waals surface area (Å²) in [6.45, 7) is 3.85. The molecule has 47 heavy (non-hydrogen) atoms. The van der Waals surface area contributed by atoms with Gasteiger partial charge < -0.3 is 30.5 Å². The third kappa shape index (κ3) is 5.47. The average Bonchev–Trinajstić information content (AvgIpc) is 3.44. The van der Waals surface area contributed by atoms with Gasteiger partial charge in [0.1, 0.15) is 28.7 Å². The Morgan fingerprint density at radius 3 is 2.45 bits per heavy atom. The van der Waals surface area contributed by atoms with Gasteiger partial charge in [0, 0.05) is 36.3 Å². The van der Waals surface area contributed by atoms with Gasteiger partial charge in [0.2, 0.25) is 5.91 Å². The minimum atomic E-state index is -4.58. The van der Waals surface area contributed by atoms with E-state index in [1.54, 1.807) is 12.1 Å². The van der Waals surface area contributed by atoms with Crippen LogP contribution >= 0.6 is 0 Å². The van der Waals surface area contributed by atoms with E-state index in [0.717, 1.165) is 31.2 Å². The average molecular weight is 652 g/mol. The molecule has 15 heteroatoms. The van der Waals surface area contributed by atoms with Crippen molar-refractivity contribution in [3.05, 3.63) is 71.4 Å². The van der Waals surface area contributed by atoms with Gasteiger partial charge in [0.05, 0.1) is 49.3 Å². The molecule has 3 aliphatic heterocycles. The van der Waals surface area contributed by atoms with Crippen LogP contribution in [0.1, 0.15) is 53.1 Å². The van der Waals surface area contributed by atoms with Gasteiger partial charge in [-0.3, -0.25) is 14.0 Å². The number of piperidine rings is 1. The predicted molar refractivity (Wildman–Crippen MR) is 162 cm³/mol. The van der Waals surface area contributed by atoms with E-state index in [9.17, 15) is 27.9 Å². The normalized spacial score (nSPS) is 20.4. The second kappa shape index (κ2) is 11.3. The van der Waals surface area contributed by atoms with Crippen LogP contribution in [-0.2, 0) is 26.0 Å². The highest BCUT2D eigenvalue weighted by Crippen LogP contribution is 2.40. The molecule has 4 aromatic rings. The lowest BCUT2D eigenvalue weighted by Crippen LogP contribution is -2.55. The lowest BCUT2D eigenvalue weighted by Gasteiger charge is -2.43. The van der Waals surface area contributed by atoms with Gasteiger partial charge in [0.15, 0.2) is 5.60 Å². The molecule has 0 radical (unpaired) electrons. The Balaban J connectivity index is 1.24. The van der Waals surface area contributed by atoms with Crippen LogP contribution in [0.5, 0.6) is 0 Å². The topological polar surface area (TPSA) is 157 Å². The number of aromatic nitrogens is 4. The number of nitrogens with zero attached hydrogens (tertiary/aromatic N) is 5. The molecule has 0 bridgehead atoms. The molecule has 0 saturated carbocycles. The number of hydrogen-bond donors (Lipinski definition) is 3. The Labute approximate surface area is 266 Å². The molecule has 0 unspecified atom stereocenters. The molecule has 3 fully saturated rings. The minimum Gasteiger partial charge on any atom is -0.382 e. The highest BCUT2D eigenvalue weighted by Gasteiger charge is 2.46. The first-order valence-corrected chi connectivity index (χ1v) is 15.2. The van der Waals surface area contributed by atoms with E-state index in [1.807, 2.05) is 16.2 Å². The number of rotatable bonds is 6. The Hall–Kier alpha value is -4.60. The number of carbonyl (C=O) groups is 2. The molecule has 1 atom stereocenters. The Kier molecular flexibility index (Phi) is 7.44. The first-order valence-electron chi connectivity index (χ1n) is 15.2. The van der Waals surface area contributed by atoms with Gasteiger partial charge in [-0.2, -0.15) is 13.2 Å². The van der Waals surface area contributed by atoms with Gasteiger partial charge in [-0.05, 0) is 44.0 Å². The molecule has 3 aliphatic rings. The van der Waals surface area contributed by atoms with E-state index in [4.69, 9.17) is 20.2 Å². The van der Waals surface area contributed by atoms with E-state index in [2.05, 4.69) is 15.3 Å². The number of hydrogen-bond acceptors (Lipinski definition) is 9. The SMILES string of the molecule is CC1(C(=O)N2CCC[C@@H](c3nc(-c4ccc(C(=O)Nc5cc(C(F)(F)F)ccn5)cc4)c4c(N)ncc(C5(O)COC5)n34)C2)COC1. The number of aliphatic hydroxyl groups is 1. The Morgan fingerprint density at radius 1 is 1.09 bits per heavy atom. The minimum absolute atomic E-state index is 0.0381. The fraction of sp³-hybridized carbons (Fsp3) is 0.406. The molecule has 0 spiro atoms. The zero-order valence-corrected chi connectivity index (χ0v) is 25.4. The number of pyridine rings is 1. The van der Waals surface area contributed by atoms with Crippen LogP contribution in [-0.4, -0.2) is 80.7 Å². The van der Waals surface area contributed by atoms with Gasteiger partial charge >= 0.3 is 6.18 Å². The van der Waals surface area contributed by atoms with Gasteiger partial charge in [-0.15, -0.1) is 0 Å². The van der Waals surface area contributed by atoms with Crippen molar-refractivity contribution in [2.24, 2.45) is 5.41 Å². The van der Waals surface area contributed by atoms with Crippen molar-refractivity contribution in [3.63, 3.8) is 0 Å². The van der Waals surface area contributed by atoms with E-state index < -0.39 is 28.7 Å². The fourth-order valence-electron chi connectivity index (χ4n) is 6.34. The molecule has 7 rings (SSSR count). The van der Waals surface area contributed by atoms with E-state index >= 15 is 0 Å². The molecule has 12 nitrogen and oxygen atoms in total. The Bertz CT molecular complexity index is 1870. The van der Waals surface area contributed by atoms with Crippen molar-refractivity contribution >= 4 is 29.0 Å². The number of ether oxygens (including phenoxy) is 2. The zero-order valence-electron chi connectivity index (χ0n) is 25.4. The summed E-state index contributed by atoms with van der Waals surface area (Å²) in [6, 6.07) is 7.94. The van der Waals surface area contributed by atoms with Crippen LogP contribution in [0.4, 0.5) is 24.8 Å². The first kappa shape index (κ1) is 31.0. The number of alkyl halides is 3. The maximum absolute atomic E-state index is 13.4. The molecular formula is C32H32F3N7O5. The molecular weight excluding hydrogens is 619 g/mol. The van der Waals surface area contributed by atoms with E-state index in [1.165, 1.54) is 18.3 Å². The molecule has 6 heterocycles. The van der Waals surface area contributed by atoms with E-state index in [0.29, 0.717) is 54.6 Å². The molecule has 246 valence electrons. The number of benzene rings is 1. The number of amides is 2. The highest BCUT2D eigenvalue weighted by atomic mass is 19.4. The molecule has 4 N–H and O–H groups in total. The number of fused-ring (bicyclic) bond motifs is 1. The predicted octanol–water partition coefficient (Wildman–Crippen LogP) is 3.60.